The summed E-state index contributed by atoms with van der Waals surface area (Å²) < 4.78 is 11.4. The molecule has 0 saturated heterocycles. The molecule has 6 heteroatoms. The molecule has 0 heterocycles. The Kier molecular flexibility index (Phi) is 6.32. The molecule has 0 unspecified atom stereocenters. The van der Waals surface area contributed by atoms with E-state index in [1.54, 1.807) is 37.5 Å². The minimum Gasteiger partial charge on any atom is -0.493 e. The number of methoxy groups -OCH3 is 1. The van der Waals surface area contributed by atoms with Crippen molar-refractivity contribution in [3.8, 4) is 11.5 Å². The lowest BCUT2D eigenvalue weighted by Gasteiger charge is -2.16. The first-order chi connectivity index (χ1) is 13.6. The van der Waals surface area contributed by atoms with Crippen molar-refractivity contribution in [2.45, 2.75) is 31.8 Å². The van der Waals surface area contributed by atoms with E-state index < -0.39 is 11.9 Å². The van der Waals surface area contributed by atoms with Gasteiger partial charge in [0.15, 0.2) is 11.5 Å². The summed E-state index contributed by atoms with van der Waals surface area (Å²) >= 11 is 0. The molecule has 1 saturated carbocycles. The molecular formula is C22H23NO5. The predicted molar refractivity (Wildman–Crippen MR) is 107 cm³/mol. The summed E-state index contributed by atoms with van der Waals surface area (Å²) in [6.45, 7) is 0. The summed E-state index contributed by atoms with van der Waals surface area (Å²) in [6.07, 6.45) is 7.72. The lowest BCUT2D eigenvalue weighted by molar-refractivity contribution is -0.111. The van der Waals surface area contributed by atoms with Crippen molar-refractivity contribution in [2.75, 3.05) is 12.4 Å². The van der Waals surface area contributed by atoms with Gasteiger partial charge >= 0.3 is 5.97 Å². The number of para-hydroxylation sites is 1. The van der Waals surface area contributed by atoms with Gasteiger partial charge in [-0.3, -0.25) is 4.79 Å². The second kappa shape index (κ2) is 9.08. The molecule has 3 rings (SSSR count). The number of hydrogen-bond donors (Lipinski definition) is 2. The van der Waals surface area contributed by atoms with Crippen LogP contribution in [0, 0.1) is 0 Å². The van der Waals surface area contributed by atoms with Gasteiger partial charge in [0.25, 0.3) is 0 Å². The van der Waals surface area contributed by atoms with Gasteiger partial charge in [-0.05, 0) is 61.6 Å². The molecule has 1 fully saturated rings. The van der Waals surface area contributed by atoms with Crippen LogP contribution in [-0.2, 0) is 4.79 Å². The van der Waals surface area contributed by atoms with Gasteiger partial charge in [-0.2, -0.15) is 0 Å². The first kappa shape index (κ1) is 19.5. The van der Waals surface area contributed by atoms with Crippen molar-refractivity contribution >= 4 is 23.6 Å². The summed E-state index contributed by atoms with van der Waals surface area (Å²) in [4.78, 5) is 23.4. The van der Waals surface area contributed by atoms with Gasteiger partial charge in [-0.15, -0.1) is 0 Å². The normalized spacial score (nSPS) is 14.2. The highest BCUT2D eigenvalue weighted by atomic mass is 16.5. The first-order valence-corrected chi connectivity index (χ1v) is 9.23. The standard InChI is InChI=1S/C22H23NO5/c1-27-20-14-15(10-12-19(20)28-16-6-2-3-7-16)11-13-21(24)23-18-9-5-4-8-17(18)22(25)26/h4-5,8-14,16H,2-3,6-7H2,1H3,(H,23,24)(H,25,26). The molecule has 0 radical (unpaired) electrons. The van der Waals surface area contributed by atoms with E-state index in [2.05, 4.69) is 5.32 Å². The van der Waals surface area contributed by atoms with Crippen molar-refractivity contribution in [1.29, 1.82) is 0 Å². The Bertz CT molecular complexity index is 884. The number of hydrogen-bond acceptors (Lipinski definition) is 4. The number of carboxylic acid groups (broad SMARTS) is 1. The van der Waals surface area contributed by atoms with Gasteiger partial charge in [-0.1, -0.05) is 18.2 Å². The molecule has 0 bridgehead atoms. The highest BCUT2D eigenvalue weighted by Crippen LogP contribution is 2.32. The van der Waals surface area contributed by atoms with E-state index in [1.807, 2.05) is 12.1 Å². The number of nitrogens with one attached hydrogen (secondary N) is 1. The minimum absolute atomic E-state index is 0.0410. The van der Waals surface area contributed by atoms with Gasteiger partial charge in [0.1, 0.15) is 0 Å². The lowest BCUT2D eigenvalue weighted by Crippen LogP contribution is -2.12. The lowest BCUT2D eigenvalue weighted by atomic mass is 10.1. The molecule has 1 aliphatic carbocycles. The Balaban J connectivity index is 1.68. The predicted octanol–water partition coefficient (Wildman–Crippen LogP) is 4.37. The van der Waals surface area contributed by atoms with E-state index in [4.69, 9.17) is 9.47 Å². The largest absolute Gasteiger partial charge is 0.493 e. The van der Waals surface area contributed by atoms with Crippen LogP contribution < -0.4 is 14.8 Å². The molecule has 0 aromatic heterocycles. The Hall–Kier alpha value is -3.28. The number of aromatic carboxylic acids is 1. The molecule has 0 spiro atoms. The van der Waals surface area contributed by atoms with Crippen LogP contribution in [0.3, 0.4) is 0 Å². The number of anilines is 1. The van der Waals surface area contributed by atoms with Crippen LogP contribution in [0.25, 0.3) is 6.08 Å². The number of benzene rings is 2. The van der Waals surface area contributed by atoms with Gasteiger partial charge in [0.2, 0.25) is 5.91 Å². The van der Waals surface area contributed by atoms with Crippen LogP contribution in [0.2, 0.25) is 0 Å². The van der Waals surface area contributed by atoms with E-state index in [0.717, 1.165) is 18.4 Å². The molecule has 1 aliphatic rings. The maximum absolute atomic E-state index is 12.2. The average molecular weight is 381 g/mol. The van der Waals surface area contributed by atoms with Crippen LogP contribution in [0.4, 0.5) is 5.69 Å². The van der Waals surface area contributed by atoms with Crippen molar-refractivity contribution in [2.24, 2.45) is 0 Å². The number of amides is 1. The zero-order valence-corrected chi connectivity index (χ0v) is 15.7. The quantitative estimate of drug-likeness (QED) is 0.696. The molecule has 2 N–H and O–H groups in total. The minimum atomic E-state index is -1.09. The number of carbonyl (C=O) groups is 2. The van der Waals surface area contributed by atoms with Crippen LogP contribution in [0.15, 0.2) is 48.5 Å². The number of carboxylic acids is 1. The maximum Gasteiger partial charge on any atom is 0.337 e. The molecular weight excluding hydrogens is 358 g/mol. The van der Waals surface area contributed by atoms with Crippen molar-refractivity contribution in [3.05, 3.63) is 59.7 Å². The van der Waals surface area contributed by atoms with Crippen LogP contribution in [0.5, 0.6) is 11.5 Å². The van der Waals surface area contributed by atoms with E-state index in [1.165, 1.54) is 25.0 Å². The Morgan fingerprint density at radius 3 is 2.57 bits per heavy atom. The zero-order valence-electron chi connectivity index (χ0n) is 15.7. The monoisotopic (exact) mass is 381 g/mol. The molecule has 28 heavy (non-hydrogen) atoms. The molecule has 2 aromatic carbocycles. The Labute approximate surface area is 163 Å². The topological polar surface area (TPSA) is 84.9 Å². The highest BCUT2D eigenvalue weighted by Gasteiger charge is 2.18. The van der Waals surface area contributed by atoms with Gasteiger partial charge in [0.05, 0.1) is 24.5 Å². The number of carbonyl (C=O) groups excluding carboxylic acids is 1. The smallest absolute Gasteiger partial charge is 0.337 e. The molecule has 0 aliphatic heterocycles. The molecule has 1 amide bonds. The summed E-state index contributed by atoms with van der Waals surface area (Å²) in [7, 11) is 1.58. The van der Waals surface area contributed by atoms with E-state index >= 15 is 0 Å². The average Bonchev–Trinajstić information content (AvgIpc) is 3.20. The Morgan fingerprint density at radius 2 is 1.86 bits per heavy atom. The third-order valence-electron chi connectivity index (χ3n) is 4.63. The van der Waals surface area contributed by atoms with Crippen LogP contribution in [0.1, 0.15) is 41.6 Å². The third kappa shape index (κ3) is 4.91. The zero-order chi connectivity index (χ0) is 19.9. The highest BCUT2D eigenvalue weighted by molar-refractivity contribution is 6.06. The van der Waals surface area contributed by atoms with Crippen molar-refractivity contribution in [1.82, 2.24) is 0 Å². The van der Waals surface area contributed by atoms with Crippen molar-refractivity contribution in [3.63, 3.8) is 0 Å². The van der Waals surface area contributed by atoms with Crippen molar-refractivity contribution < 1.29 is 24.2 Å². The summed E-state index contributed by atoms with van der Waals surface area (Å²) in [5.41, 5.74) is 1.07. The van der Waals surface area contributed by atoms with Gasteiger partial charge in [-0.25, -0.2) is 4.79 Å². The fraction of sp³-hybridized carbons (Fsp3) is 0.273. The fourth-order valence-corrected chi connectivity index (χ4v) is 3.20. The van der Waals surface area contributed by atoms with Gasteiger partial charge < -0.3 is 19.9 Å². The summed E-state index contributed by atoms with van der Waals surface area (Å²) in [6, 6.07) is 11.8. The molecule has 6 nitrogen and oxygen atoms in total. The molecule has 146 valence electrons. The molecule has 0 atom stereocenters. The second-order valence-electron chi connectivity index (χ2n) is 6.61. The first-order valence-electron chi connectivity index (χ1n) is 9.23. The van der Waals surface area contributed by atoms with Crippen LogP contribution >= 0.6 is 0 Å². The number of ether oxygens (including phenoxy) is 2. The van der Waals surface area contributed by atoms with Crippen LogP contribution in [-0.4, -0.2) is 30.2 Å². The fourth-order valence-electron chi connectivity index (χ4n) is 3.20. The van der Waals surface area contributed by atoms with E-state index in [9.17, 15) is 14.7 Å². The number of rotatable bonds is 7. The molecule has 2 aromatic rings. The maximum atomic E-state index is 12.2. The van der Waals surface area contributed by atoms with E-state index in [-0.39, 0.29) is 17.4 Å². The Morgan fingerprint density at radius 1 is 1.11 bits per heavy atom. The SMILES string of the molecule is COc1cc(C=CC(=O)Nc2ccccc2C(=O)O)ccc1OC1CCCC1. The summed E-state index contributed by atoms with van der Waals surface area (Å²) in [5.74, 6) is -0.196. The van der Waals surface area contributed by atoms with E-state index in [0.29, 0.717) is 11.5 Å². The second-order valence-corrected chi connectivity index (χ2v) is 6.61. The summed E-state index contributed by atoms with van der Waals surface area (Å²) in [5, 5.41) is 11.8. The van der Waals surface area contributed by atoms with Gasteiger partial charge in [0, 0.05) is 6.08 Å². The third-order valence-corrected chi connectivity index (χ3v) is 4.63.